The summed E-state index contributed by atoms with van der Waals surface area (Å²) in [6.07, 6.45) is 3.93. The molecule has 0 atom stereocenters. The number of nitrogens with zero attached hydrogens (tertiary/aromatic N) is 2. The van der Waals surface area contributed by atoms with Crippen molar-refractivity contribution in [2.75, 3.05) is 11.9 Å². The first kappa shape index (κ1) is 14.3. The van der Waals surface area contributed by atoms with Gasteiger partial charge in [-0.3, -0.25) is 10.1 Å². The van der Waals surface area contributed by atoms with Crippen molar-refractivity contribution in [3.05, 3.63) is 5.01 Å². The number of aromatic nitrogens is 2. The minimum Gasteiger partial charge on any atom is -0.329 e. The molecule has 1 aromatic rings. The number of amides is 1. The monoisotopic (exact) mass is 276 g/mol. The van der Waals surface area contributed by atoms with Crippen LogP contribution in [-0.4, -0.2) is 22.6 Å². The Morgan fingerprint density at radius 1 is 1.47 bits per heavy atom. The standard InChI is InChI=1S/C10H16N4OS.ClH/c1-7-13-14-9(16-7)12-8(15)10(6-11)4-2-3-5-10;/h2-6,11H2,1H3,(H,12,14,15);1H. The average Bonchev–Trinajstić information content (AvgIpc) is 2.88. The van der Waals surface area contributed by atoms with Crippen molar-refractivity contribution in [3.63, 3.8) is 0 Å². The molecule has 7 heteroatoms. The number of hydrogen-bond donors (Lipinski definition) is 2. The fourth-order valence-electron chi connectivity index (χ4n) is 2.15. The Morgan fingerprint density at radius 2 is 2.12 bits per heavy atom. The van der Waals surface area contributed by atoms with Crippen molar-refractivity contribution >= 4 is 34.8 Å². The Labute approximate surface area is 111 Å². The van der Waals surface area contributed by atoms with E-state index in [1.807, 2.05) is 6.92 Å². The molecule has 0 unspecified atom stereocenters. The van der Waals surface area contributed by atoms with Crippen molar-refractivity contribution in [2.24, 2.45) is 11.1 Å². The minimum atomic E-state index is -0.375. The number of carbonyl (C=O) groups is 1. The molecule has 2 rings (SSSR count). The lowest BCUT2D eigenvalue weighted by Gasteiger charge is -2.24. The molecule has 0 saturated heterocycles. The highest BCUT2D eigenvalue weighted by Crippen LogP contribution is 2.38. The molecule has 0 bridgehead atoms. The summed E-state index contributed by atoms with van der Waals surface area (Å²) in [5, 5.41) is 12.0. The lowest BCUT2D eigenvalue weighted by molar-refractivity contribution is -0.124. The molecule has 1 fully saturated rings. The summed E-state index contributed by atoms with van der Waals surface area (Å²) < 4.78 is 0. The molecular formula is C10H17ClN4OS. The number of aryl methyl sites for hydroxylation is 1. The van der Waals surface area contributed by atoms with Crippen molar-refractivity contribution in [3.8, 4) is 0 Å². The third-order valence-electron chi connectivity index (χ3n) is 3.18. The van der Waals surface area contributed by atoms with Crippen LogP contribution in [0.15, 0.2) is 0 Å². The first-order valence-electron chi connectivity index (χ1n) is 5.48. The van der Waals surface area contributed by atoms with Gasteiger partial charge >= 0.3 is 0 Å². The van der Waals surface area contributed by atoms with E-state index >= 15 is 0 Å². The summed E-state index contributed by atoms with van der Waals surface area (Å²) in [4.78, 5) is 12.1. The Bertz CT molecular complexity index is 389. The molecule has 5 nitrogen and oxygen atoms in total. The average molecular weight is 277 g/mol. The zero-order chi connectivity index (χ0) is 11.6. The number of nitrogens with two attached hydrogens (primary N) is 1. The van der Waals surface area contributed by atoms with Crippen molar-refractivity contribution in [1.82, 2.24) is 10.2 Å². The lowest BCUT2D eigenvalue weighted by atomic mass is 9.85. The van der Waals surface area contributed by atoms with Crippen LogP contribution in [0.4, 0.5) is 5.13 Å². The zero-order valence-corrected chi connectivity index (χ0v) is 11.4. The Balaban J connectivity index is 0.00000144. The lowest BCUT2D eigenvalue weighted by Crippen LogP contribution is -2.40. The topological polar surface area (TPSA) is 80.9 Å². The number of rotatable bonds is 3. The molecule has 0 radical (unpaired) electrons. The number of halogens is 1. The summed E-state index contributed by atoms with van der Waals surface area (Å²) in [6, 6.07) is 0. The predicted molar refractivity (Wildman–Crippen MR) is 70.5 cm³/mol. The molecule has 17 heavy (non-hydrogen) atoms. The largest absolute Gasteiger partial charge is 0.329 e. The van der Waals surface area contributed by atoms with E-state index in [1.54, 1.807) is 0 Å². The van der Waals surface area contributed by atoms with Gasteiger partial charge in [0, 0.05) is 6.54 Å². The predicted octanol–water partition coefficient (Wildman–Crippen LogP) is 1.73. The number of anilines is 1. The smallest absolute Gasteiger partial charge is 0.233 e. The van der Waals surface area contributed by atoms with Gasteiger partial charge in [-0.1, -0.05) is 24.2 Å². The quantitative estimate of drug-likeness (QED) is 0.881. The van der Waals surface area contributed by atoms with Crippen molar-refractivity contribution < 1.29 is 4.79 Å². The van der Waals surface area contributed by atoms with Gasteiger partial charge in [-0.25, -0.2) is 0 Å². The first-order valence-corrected chi connectivity index (χ1v) is 6.29. The van der Waals surface area contributed by atoms with Crippen LogP contribution in [0.1, 0.15) is 30.7 Å². The van der Waals surface area contributed by atoms with Gasteiger partial charge < -0.3 is 5.73 Å². The van der Waals surface area contributed by atoms with Crippen LogP contribution in [0.5, 0.6) is 0 Å². The fraction of sp³-hybridized carbons (Fsp3) is 0.700. The maximum atomic E-state index is 12.1. The van der Waals surface area contributed by atoms with Gasteiger partial charge in [0.15, 0.2) is 0 Å². The van der Waals surface area contributed by atoms with E-state index in [9.17, 15) is 4.79 Å². The summed E-state index contributed by atoms with van der Waals surface area (Å²) in [5.41, 5.74) is 5.36. The van der Waals surface area contributed by atoms with Gasteiger partial charge in [-0.05, 0) is 19.8 Å². The van der Waals surface area contributed by atoms with Gasteiger partial charge in [-0.15, -0.1) is 22.6 Å². The van der Waals surface area contributed by atoms with Crippen molar-refractivity contribution in [1.29, 1.82) is 0 Å². The molecule has 1 heterocycles. The molecule has 1 aromatic heterocycles. The third kappa shape index (κ3) is 2.94. The van der Waals surface area contributed by atoms with E-state index < -0.39 is 0 Å². The number of carbonyl (C=O) groups excluding carboxylic acids is 1. The van der Waals surface area contributed by atoms with E-state index in [4.69, 9.17) is 5.73 Å². The summed E-state index contributed by atoms with van der Waals surface area (Å²) in [7, 11) is 0. The van der Waals surface area contributed by atoms with E-state index in [0.717, 1.165) is 30.7 Å². The Kier molecular flexibility index (Phi) is 4.85. The number of hydrogen-bond acceptors (Lipinski definition) is 5. The zero-order valence-electron chi connectivity index (χ0n) is 9.73. The molecule has 0 aromatic carbocycles. The van der Waals surface area contributed by atoms with Crippen LogP contribution in [0, 0.1) is 12.3 Å². The van der Waals surface area contributed by atoms with Crippen LogP contribution in [0.3, 0.4) is 0 Å². The summed E-state index contributed by atoms with van der Waals surface area (Å²) >= 11 is 1.39. The molecule has 1 aliphatic rings. The Morgan fingerprint density at radius 3 is 2.59 bits per heavy atom. The molecule has 1 saturated carbocycles. The molecule has 1 amide bonds. The highest BCUT2D eigenvalue weighted by molar-refractivity contribution is 7.15. The van der Waals surface area contributed by atoms with Crippen LogP contribution < -0.4 is 11.1 Å². The number of nitrogens with one attached hydrogen (secondary N) is 1. The fourth-order valence-corrected chi connectivity index (χ4v) is 2.74. The van der Waals surface area contributed by atoms with E-state index in [2.05, 4.69) is 15.5 Å². The van der Waals surface area contributed by atoms with Crippen LogP contribution >= 0.6 is 23.7 Å². The van der Waals surface area contributed by atoms with Crippen LogP contribution in [-0.2, 0) is 4.79 Å². The van der Waals surface area contributed by atoms with E-state index in [-0.39, 0.29) is 23.7 Å². The molecule has 0 spiro atoms. The van der Waals surface area contributed by atoms with Gasteiger partial charge in [-0.2, -0.15) is 0 Å². The molecule has 0 aliphatic heterocycles. The van der Waals surface area contributed by atoms with Crippen LogP contribution in [0.25, 0.3) is 0 Å². The second kappa shape index (κ2) is 5.75. The van der Waals surface area contributed by atoms with E-state index in [1.165, 1.54) is 11.3 Å². The summed E-state index contributed by atoms with van der Waals surface area (Å²) in [6.45, 7) is 2.28. The van der Waals surface area contributed by atoms with Gasteiger partial charge in [0.25, 0.3) is 0 Å². The molecule has 96 valence electrons. The first-order chi connectivity index (χ1) is 7.66. The Hall–Kier alpha value is -0.720. The van der Waals surface area contributed by atoms with Gasteiger partial charge in [0.05, 0.1) is 5.41 Å². The van der Waals surface area contributed by atoms with Gasteiger partial charge in [0.1, 0.15) is 5.01 Å². The molecule has 3 N–H and O–H groups in total. The summed E-state index contributed by atoms with van der Waals surface area (Å²) in [5.74, 6) is 0.00338. The highest BCUT2D eigenvalue weighted by Gasteiger charge is 2.40. The highest BCUT2D eigenvalue weighted by atomic mass is 35.5. The molecule has 1 aliphatic carbocycles. The maximum absolute atomic E-state index is 12.1. The van der Waals surface area contributed by atoms with Crippen LogP contribution in [0.2, 0.25) is 0 Å². The minimum absolute atomic E-state index is 0. The van der Waals surface area contributed by atoms with E-state index in [0.29, 0.717) is 11.7 Å². The normalized spacial score (nSPS) is 17.5. The van der Waals surface area contributed by atoms with Crippen molar-refractivity contribution in [2.45, 2.75) is 32.6 Å². The third-order valence-corrected chi connectivity index (χ3v) is 3.93. The second-order valence-electron chi connectivity index (χ2n) is 4.27. The maximum Gasteiger partial charge on any atom is 0.233 e. The second-order valence-corrected chi connectivity index (χ2v) is 5.45. The molecular weight excluding hydrogens is 260 g/mol. The van der Waals surface area contributed by atoms with Gasteiger partial charge in [0.2, 0.25) is 11.0 Å². The SMILES string of the molecule is Cc1nnc(NC(=O)C2(CN)CCCC2)s1.Cl.